The molecule has 2 fully saturated rings. The Balaban J connectivity index is 2.23. The van der Waals surface area contributed by atoms with Crippen molar-refractivity contribution in [1.29, 1.82) is 0 Å². The number of carbonyl (C=O) groups is 3. The lowest BCUT2D eigenvalue weighted by molar-refractivity contribution is -0.154. The first-order valence-corrected chi connectivity index (χ1v) is 12.5. The molecule has 1 saturated carbocycles. The van der Waals surface area contributed by atoms with Gasteiger partial charge in [-0.15, -0.1) is 0 Å². The molecule has 200 valence electrons. The van der Waals surface area contributed by atoms with Crippen LogP contribution in [0.4, 0.5) is 0 Å². The van der Waals surface area contributed by atoms with Gasteiger partial charge in [0.2, 0.25) is 0 Å². The average molecular weight is 505 g/mol. The predicted molar refractivity (Wildman–Crippen MR) is 133 cm³/mol. The smallest absolute Gasteiger partial charge is 0.334 e. The fourth-order valence-corrected chi connectivity index (χ4v) is 5.80. The third-order valence-electron chi connectivity index (χ3n) is 7.81. The summed E-state index contributed by atoms with van der Waals surface area (Å²) in [5.74, 6) is -2.37. The predicted octanol–water partition coefficient (Wildman–Crippen LogP) is 3.47. The molecule has 0 aromatic rings. The van der Waals surface area contributed by atoms with Crippen molar-refractivity contribution < 1.29 is 38.4 Å². The highest BCUT2D eigenvalue weighted by Gasteiger charge is 2.82. The van der Waals surface area contributed by atoms with E-state index in [1.54, 1.807) is 65.8 Å². The standard InChI is InChI=1S/C28H40O8/c1-10-15(2)25(31)35-21-17(4)13-28-24(34-19(6)29)18(5)14-27(28,36-28)23(30)16(3)11-12-20(22(21)33-9)26(7,8)32/h10-13,16,18,20-22,24,32H,14H2,1-9H3/b12-11-,15-10-,17-13+/t16-,18+,20?,21-,22?,24+,27+,28+/m0/s1. The lowest BCUT2D eigenvalue weighted by atomic mass is 9.81. The lowest BCUT2D eigenvalue weighted by Crippen LogP contribution is -2.47. The summed E-state index contributed by atoms with van der Waals surface area (Å²) in [6.07, 6.45) is 4.98. The number of ether oxygens (including phenoxy) is 4. The van der Waals surface area contributed by atoms with Gasteiger partial charge in [0.1, 0.15) is 18.3 Å². The van der Waals surface area contributed by atoms with Gasteiger partial charge in [-0.1, -0.05) is 32.1 Å². The highest BCUT2D eigenvalue weighted by Crippen LogP contribution is 2.65. The third-order valence-corrected chi connectivity index (χ3v) is 7.81. The van der Waals surface area contributed by atoms with E-state index in [2.05, 4.69) is 0 Å². The van der Waals surface area contributed by atoms with Crippen LogP contribution in [0, 0.1) is 17.8 Å². The van der Waals surface area contributed by atoms with E-state index in [0.29, 0.717) is 17.6 Å². The molecule has 8 nitrogen and oxygen atoms in total. The first-order chi connectivity index (χ1) is 16.6. The van der Waals surface area contributed by atoms with E-state index in [1.807, 2.05) is 6.92 Å². The molecule has 3 aliphatic rings. The van der Waals surface area contributed by atoms with Crippen molar-refractivity contribution in [2.75, 3.05) is 7.11 Å². The molecular weight excluding hydrogens is 464 g/mol. The fourth-order valence-electron chi connectivity index (χ4n) is 5.80. The van der Waals surface area contributed by atoms with Crippen LogP contribution < -0.4 is 0 Å². The molecule has 1 saturated heterocycles. The Bertz CT molecular complexity index is 1000. The summed E-state index contributed by atoms with van der Waals surface area (Å²) >= 11 is 0. The molecule has 8 atom stereocenters. The largest absolute Gasteiger partial charge is 0.459 e. The van der Waals surface area contributed by atoms with Crippen LogP contribution in [0.1, 0.15) is 61.8 Å². The molecule has 3 rings (SSSR count). The number of carbonyl (C=O) groups excluding carboxylic acids is 3. The Kier molecular flexibility index (Phi) is 7.76. The van der Waals surface area contributed by atoms with E-state index >= 15 is 0 Å². The van der Waals surface area contributed by atoms with Gasteiger partial charge in [0.15, 0.2) is 17.0 Å². The molecule has 0 aromatic heterocycles. The summed E-state index contributed by atoms with van der Waals surface area (Å²) in [4.78, 5) is 38.6. The molecule has 0 bridgehead atoms. The minimum atomic E-state index is -1.25. The quantitative estimate of drug-likeness (QED) is 0.262. The number of aliphatic hydroxyl groups is 1. The molecule has 0 radical (unpaired) electrons. The van der Waals surface area contributed by atoms with Crippen molar-refractivity contribution in [1.82, 2.24) is 0 Å². The van der Waals surface area contributed by atoms with Crippen molar-refractivity contribution in [3.63, 3.8) is 0 Å². The molecule has 1 aliphatic heterocycles. The number of epoxide rings is 1. The minimum absolute atomic E-state index is 0.118. The van der Waals surface area contributed by atoms with Crippen LogP contribution in [0.3, 0.4) is 0 Å². The monoisotopic (exact) mass is 504 g/mol. The van der Waals surface area contributed by atoms with Gasteiger partial charge in [-0.05, 0) is 58.6 Å². The average Bonchev–Trinajstić information content (AvgIpc) is 3.36. The Hall–Kier alpha value is -2.29. The highest BCUT2D eigenvalue weighted by atomic mass is 16.7. The second kappa shape index (κ2) is 9.88. The van der Waals surface area contributed by atoms with Crippen molar-refractivity contribution in [2.24, 2.45) is 17.8 Å². The van der Waals surface area contributed by atoms with Gasteiger partial charge in [-0.25, -0.2) is 4.79 Å². The number of methoxy groups -OCH3 is 1. The van der Waals surface area contributed by atoms with Crippen molar-refractivity contribution in [3.05, 3.63) is 35.5 Å². The van der Waals surface area contributed by atoms with Crippen LogP contribution in [0.5, 0.6) is 0 Å². The summed E-state index contributed by atoms with van der Waals surface area (Å²) < 4.78 is 23.8. The van der Waals surface area contributed by atoms with Crippen molar-refractivity contribution in [2.45, 2.75) is 96.9 Å². The number of esters is 2. The van der Waals surface area contributed by atoms with Crippen LogP contribution in [0.15, 0.2) is 35.5 Å². The Morgan fingerprint density at radius 3 is 2.36 bits per heavy atom. The van der Waals surface area contributed by atoms with Crippen molar-refractivity contribution in [3.8, 4) is 0 Å². The van der Waals surface area contributed by atoms with Crippen LogP contribution in [0.25, 0.3) is 0 Å². The minimum Gasteiger partial charge on any atom is -0.459 e. The number of ketones is 1. The molecule has 36 heavy (non-hydrogen) atoms. The van der Waals surface area contributed by atoms with Crippen LogP contribution in [-0.4, -0.2) is 65.1 Å². The maximum absolute atomic E-state index is 13.8. The normalized spacial score (nSPS) is 41.2. The molecule has 1 heterocycles. The van der Waals surface area contributed by atoms with Gasteiger partial charge in [-0.3, -0.25) is 9.59 Å². The second-order valence-corrected chi connectivity index (χ2v) is 11.0. The second-order valence-electron chi connectivity index (χ2n) is 11.0. The summed E-state index contributed by atoms with van der Waals surface area (Å²) in [5.41, 5.74) is -2.57. The summed E-state index contributed by atoms with van der Waals surface area (Å²) in [6, 6.07) is 0. The zero-order valence-electron chi connectivity index (χ0n) is 22.8. The summed E-state index contributed by atoms with van der Waals surface area (Å²) in [5, 5.41) is 11.1. The maximum atomic E-state index is 13.8. The zero-order valence-corrected chi connectivity index (χ0v) is 22.8. The highest BCUT2D eigenvalue weighted by molar-refractivity contribution is 5.96. The van der Waals surface area contributed by atoms with Gasteiger partial charge in [0.25, 0.3) is 0 Å². The van der Waals surface area contributed by atoms with E-state index in [4.69, 9.17) is 18.9 Å². The SMILES string of the molecule is C/C=C(/C)C(=O)O[C@H]1/C(C)=C/[C@]23O[C@]2(C[C@@H](C)[C@H]3OC(C)=O)C(=O)[C@@H](C)/C=C\C(C(C)(C)O)C1OC. The number of hydrogen-bond donors (Lipinski definition) is 1. The van der Waals surface area contributed by atoms with Crippen LogP contribution >= 0.6 is 0 Å². The number of hydrogen-bond acceptors (Lipinski definition) is 8. The molecule has 8 heteroatoms. The van der Waals surface area contributed by atoms with E-state index in [1.165, 1.54) is 14.0 Å². The van der Waals surface area contributed by atoms with E-state index in [0.717, 1.165) is 0 Å². The Labute approximate surface area is 213 Å². The Morgan fingerprint density at radius 1 is 1.19 bits per heavy atom. The topological polar surface area (TPSA) is 112 Å². The summed E-state index contributed by atoms with van der Waals surface area (Å²) in [6.45, 7) is 13.5. The van der Waals surface area contributed by atoms with Gasteiger partial charge < -0.3 is 24.1 Å². The zero-order chi connectivity index (χ0) is 27.2. The van der Waals surface area contributed by atoms with Crippen LogP contribution in [0.2, 0.25) is 0 Å². The fraction of sp³-hybridized carbons (Fsp3) is 0.679. The third kappa shape index (κ3) is 4.71. The summed E-state index contributed by atoms with van der Waals surface area (Å²) in [7, 11) is 1.50. The van der Waals surface area contributed by atoms with E-state index in [-0.39, 0.29) is 11.7 Å². The van der Waals surface area contributed by atoms with Gasteiger partial charge in [-0.2, -0.15) is 0 Å². The van der Waals surface area contributed by atoms with E-state index in [9.17, 15) is 19.5 Å². The maximum Gasteiger partial charge on any atom is 0.334 e. The van der Waals surface area contributed by atoms with Gasteiger partial charge in [0.05, 0.1) is 5.60 Å². The Morgan fingerprint density at radius 2 is 1.83 bits per heavy atom. The molecule has 2 aliphatic carbocycles. The molecule has 1 N–H and O–H groups in total. The molecule has 0 spiro atoms. The molecule has 2 unspecified atom stereocenters. The molecule has 0 aromatic carbocycles. The van der Waals surface area contributed by atoms with Gasteiger partial charge >= 0.3 is 11.9 Å². The number of Topliss-reactive ketones (excluding diaryl/α,β-unsaturated/α-hetero) is 1. The lowest BCUT2D eigenvalue weighted by Gasteiger charge is -2.38. The first-order valence-electron chi connectivity index (χ1n) is 12.5. The molecular formula is C28H40O8. The molecule has 0 amide bonds. The van der Waals surface area contributed by atoms with Crippen molar-refractivity contribution >= 4 is 17.7 Å². The van der Waals surface area contributed by atoms with Gasteiger partial charge in [0, 0.05) is 31.4 Å². The van der Waals surface area contributed by atoms with Crippen LogP contribution in [-0.2, 0) is 33.3 Å². The number of rotatable bonds is 5. The first kappa shape index (κ1) is 28.3. The number of allylic oxidation sites excluding steroid dienone is 2. The van der Waals surface area contributed by atoms with E-state index < -0.39 is 58.9 Å².